The highest BCUT2D eigenvalue weighted by atomic mass is 16.5. The average molecular weight is 551 g/mol. The molecule has 1 unspecified atom stereocenters. The number of nitrogens with one attached hydrogen (secondary N) is 2. The molecule has 0 radical (unpaired) electrons. The summed E-state index contributed by atoms with van der Waals surface area (Å²) in [6.07, 6.45) is 7.96. The molecule has 0 spiro atoms. The second-order valence-corrected chi connectivity index (χ2v) is 11.3. The maximum Gasteiger partial charge on any atom is 0.251 e. The predicted octanol–water partition coefficient (Wildman–Crippen LogP) is 3.26. The number of carbonyl (C=O) groups is 2. The van der Waals surface area contributed by atoms with Crippen LogP contribution in [-0.2, 0) is 4.79 Å². The van der Waals surface area contributed by atoms with Gasteiger partial charge in [0.25, 0.3) is 11.8 Å². The summed E-state index contributed by atoms with van der Waals surface area (Å²) in [5, 5.41) is 10.6. The van der Waals surface area contributed by atoms with E-state index in [1.165, 1.54) is 19.3 Å². The summed E-state index contributed by atoms with van der Waals surface area (Å²) >= 11 is 0. The Balaban J connectivity index is 1.37. The van der Waals surface area contributed by atoms with E-state index < -0.39 is 0 Å². The van der Waals surface area contributed by atoms with Crippen LogP contribution in [0.4, 0.5) is 23.1 Å². The van der Waals surface area contributed by atoms with E-state index in [1.807, 2.05) is 25.0 Å². The molecule has 2 N–H and O–H groups in total. The van der Waals surface area contributed by atoms with Crippen molar-refractivity contribution in [1.29, 1.82) is 0 Å². The second kappa shape index (κ2) is 12.0. The number of hydrogen-bond donors (Lipinski definition) is 2. The van der Waals surface area contributed by atoms with Gasteiger partial charge < -0.3 is 25.2 Å². The van der Waals surface area contributed by atoms with Crippen molar-refractivity contribution in [1.82, 2.24) is 25.2 Å². The number of anilines is 4. The van der Waals surface area contributed by atoms with Crippen LogP contribution < -0.4 is 25.3 Å². The van der Waals surface area contributed by atoms with Crippen LogP contribution in [-0.4, -0.2) is 91.7 Å². The molecule has 2 amide bonds. The van der Waals surface area contributed by atoms with E-state index in [0.717, 1.165) is 32.5 Å². The lowest BCUT2D eigenvalue weighted by Crippen LogP contribution is -2.59. The summed E-state index contributed by atoms with van der Waals surface area (Å²) < 4.78 is 5.64. The summed E-state index contributed by atoms with van der Waals surface area (Å²) in [5.74, 6) is 2.18. The number of carbonyl (C=O) groups excluding carboxylic acids is 2. The maximum atomic E-state index is 13.2. The van der Waals surface area contributed by atoms with E-state index in [0.29, 0.717) is 46.8 Å². The van der Waals surface area contributed by atoms with Gasteiger partial charge in [0.2, 0.25) is 5.95 Å². The zero-order valence-corrected chi connectivity index (χ0v) is 24.3. The molecule has 2 aromatic rings. The SMILES string of the molecule is CCC1C(=O)N(C)c2cnc(Nc3ccc(C(=O)NC4CCN(C)CC4)cc3OC)nc2N1N(C)CC1CCC1. The molecule has 2 aliphatic heterocycles. The van der Waals surface area contributed by atoms with Crippen molar-refractivity contribution in [3.8, 4) is 5.75 Å². The molecule has 0 bridgehead atoms. The van der Waals surface area contributed by atoms with Gasteiger partial charge >= 0.3 is 0 Å². The third-order valence-corrected chi connectivity index (χ3v) is 8.50. The molecular weight excluding hydrogens is 508 g/mol. The van der Waals surface area contributed by atoms with Gasteiger partial charge in [-0.25, -0.2) is 9.99 Å². The highest BCUT2D eigenvalue weighted by Crippen LogP contribution is 2.38. The number of ether oxygens (including phenoxy) is 1. The third-order valence-electron chi connectivity index (χ3n) is 8.50. The molecule has 1 saturated carbocycles. The highest BCUT2D eigenvalue weighted by molar-refractivity contribution is 6.04. The number of rotatable bonds is 9. The van der Waals surface area contributed by atoms with Crippen molar-refractivity contribution < 1.29 is 14.3 Å². The van der Waals surface area contributed by atoms with E-state index in [1.54, 1.807) is 37.4 Å². The molecule has 5 rings (SSSR count). The van der Waals surface area contributed by atoms with E-state index in [9.17, 15) is 9.59 Å². The van der Waals surface area contributed by atoms with Crippen molar-refractivity contribution in [2.45, 2.75) is 57.5 Å². The first-order chi connectivity index (χ1) is 19.3. The summed E-state index contributed by atoms with van der Waals surface area (Å²) in [5.41, 5.74) is 1.87. The normalized spacial score (nSPS) is 20.4. The molecule has 1 atom stereocenters. The Bertz CT molecular complexity index is 1230. The first-order valence-corrected chi connectivity index (χ1v) is 14.4. The largest absolute Gasteiger partial charge is 0.495 e. The summed E-state index contributed by atoms with van der Waals surface area (Å²) in [7, 11) is 7.50. The Kier molecular flexibility index (Phi) is 8.41. The Hall–Kier alpha value is -3.44. The van der Waals surface area contributed by atoms with Gasteiger partial charge in [0.1, 0.15) is 17.5 Å². The molecule has 1 saturated heterocycles. The van der Waals surface area contributed by atoms with Crippen molar-refractivity contribution in [2.24, 2.45) is 5.92 Å². The molecule has 1 aromatic carbocycles. The van der Waals surface area contributed by atoms with Gasteiger partial charge in [0.05, 0.1) is 19.0 Å². The molecule has 1 aliphatic carbocycles. The first-order valence-electron chi connectivity index (χ1n) is 14.4. The molecule has 3 aliphatic rings. The lowest BCUT2D eigenvalue weighted by atomic mass is 9.85. The van der Waals surface area contributed by atoms with E-state index >= 15 is 0 Å². The minimum Gasteiger partial charge on any atom is -0.495 e. The van der Waals surface area contributed by atoms with Crippen molar-refractivity contribution in [3.05, 3.63) is 30.0 Å². The highest BCUT2D eigenvalue weighted by Gasteiger charge is 2.40. The number of nitrogens with zero attached hydrogens (tertiary/aromatic N) is 6. The monoisotopic (exact) mass is 550 g/mol. The number of piperidine rings is 1. The molecule has 216 valence electrons. The van der Waals surface area contributed by atoms with E-state index in [4.69, 9.17) is 9.72 Å². The molecule has 11 nitrogen and oxygen atoms in total. The molecule has 11 heteroatoms. The molecule has 1 aromatic heterocycles. The fourth-order valence-corrected chi connectivity index (χ4v) is 5.79. The van der Waals surface area contributed by atoms with Gasteiger partial charge in [0, 0.05) is 32.2 Å². The standard InChI is InChI=1S/C29H42N8O3/c1-6-23-28(39)36(4)24-17-30-29(33-26(24)37(23)35(3)18-19-8-7-9-19)32-22-11-10-20(16-25(22)40-5)27(38)31-21-12-14-34(2)15-13-21/h10-11,16-17,19,21,23H,6-9,12-15,18H2,1-5H3,(H,31,38)(H,30,32,33). The summed E-state index contributed by atoms with van der Waals surface area (Å²) in [4.78, 5) is 39.5. The number of likely N-dealkylation sites (N-methyl/N-ethyl adjacent to an activating group) is 1. The van der Waals surface area contributed by atoms with Crippen LogP contribution in [0.25, 0.3) is 0 Å². The predicted molar refractivity (Wildman–Crippen MR) is 156 cm³/mol. The number of amides is 2. The summed E-state index contributed by atoms with van der Waals surface area (Å²) in [6.45, 7) is 4.87. The van der Waals surface area contributed by atoms with Crippen LogP contribution in [0.5, 0.6) is 5.75 Å². The van der Waals surface area contributed by atoms with Gasteiger partial charge in [-0.3, -0.25) is 14.6 Å². The molecule has 2 fully saturated rings. The lowest BCUT2D eigenvalue weighted by Gasteiger charge is -2.46. The van der Waals surface area contributed by atoms with Crippen LogP contribution in [0.3, 0.4) is 0 Å². The number of methoxy groups -OCH3 is 1. The van der Waals surface area contributed by atoms with E-state index in [2.05, 4.69) is 32.6 Å². The Morgan fingerprint density at radius 3 is 2.58 bits per heavy atom. The number of benzene rings is 1. The number of hydrogen-bond acceptors (Lipinski definition) is 9. The zero-order valence-electron chi connectivity index (χ0n) is 24.3. The molecule has 40 heavy (non-hydrogen) atoms. The van der Waals surface area contributed by atoms with Crippen LogP contribution in [0.2, 0.25) is 0 Å². The van der Waals surface area contributed by atoms with Gasteiger partial charge in [-0.1, -0.05) is 13.3 Å². The van der Waals surface area contributed by atoms with Crippen molar-refractivity contribution in [3.63, 3.8) is 0 Å². The average Bonchev–Trinajstić information content (AvgIpc) is 2.93. The smallest absolute Gasteiger partial charge is 0.251 e. The number of fused-ring (bicyclic) bond motifs is 1. The van der Waals surface area contributed by atoms with Gasteiger partial charge in [-0.05, 0) is 76.4 Å². The quantitative estimate of drug-likeness (QED) is 0.487. The number of likely N-dealkylation sites (tertiary alicyclic amines) is 1. The Morgan fingerprint density at radius 1 is 1.18 bits per heavy atom. The van der Waals surface area contributed by atoms with Gasteiger partial charge in [-0.2, -0.15) is 4.98 Å². The zero-order chi connectivity index (χ0) is 28.4. The molecule has 3 heterocycles. The van der Waals surface area contributed by atoms with Gasteiger partial charge in [-0.15, -0.1) is 0 Å². The Labute approximate surface area is 236 Å². The van der Waals surface area contributed by atoms with E-state index in [-0.39, 0.29) is 23.9 Å². The topological polar surface area (TPSA) is 106 Å². The first kappa shape index (κ1) is 28.1. The number of aromatic nitrogens is 2. The minimum absolute atomic E-state index is 0.0375. The number of hydrazine groups is 1. The van der Waals surface area contributed by atoms with Crippen molar-refractivity contribution in [2.75, 3.05) is 63.1 Å². The van der Waals surface area contributed by atoms with Crippen LogP contribution >= 0.6 is 0 Å². The molecular formula is C29H42N8O3. The fraction of sp³-hybridized carbons (Fsp3) is 0.586. The maximum absolute atomic E-state index is 13.2. The van der Waals surface area contributed by atoms with Crippen LogP contribution in [0.15, 0.2) is 24.4 Å². The van der Waals surface area contributed by atoms with Gasteiger partial charge in [0.15, 0.2) is 5.82 Å². The van der Waals surface area contributed by atoms with Crippen LogP contribution in [0.1, 0.15) is 55.8 Å². The Morgan fingerprint density at radius 2 is 1.93 bits per heavy atom. The fourth-order valence-electron chi connectivity index (χ4n) is 5.79. The van der Waals surface area contributed by atoms with Crippen LogP contribution in [0, 0.1) is 5.92 Å². The second-order valence-electron chi connectivity index (χ2n) is 11.3. The minimum atomic E-state index is -0.331. The summed E-state index contributed by atoms with van der Waals surface area (Å²) in [6, 6.07) is 5.19. The lowest BCUT2D eigenvalue weighted by molar-refractivity contribution is -0.121. The third kappa shape index (κ3) is 5.71. The van der Waals surface area contributed by atoms with Crippen molar-refractivity contribution >= 4 is 35.0 Å².